The third-order valence-electron chi connectivity index (χ3n) is 4.23. The van der Waals surface area contributed by atoms with Crippen molar-refractivity contribution in [3.8, 4) is 5.88 Å². The molecule has 2 aliphatic rings. The van der Waals surface area contributed by atoms with Gasteiger partial charge in [-0.15, -0.1) is 5.60 Å². The maximum absolute atomic E-state index is 10.1. The molecule has 0 aliphatic heterocycles. The number of aliphatic hydroxyl groups is 1. The predicted octanol–water partition coefficient (Wildman–Crippen LogP) is 0.163. The average molecular weight is 507 g/mol. The van der Waals surface area contributed by atoms with Gasteiger partial charge >= 0.3 is 51.4 Å². The second-order valence-corrected chi connectivity index (χ2v) is 9.01. The summed E-state index contributed by atoms with van der Waals surface area (Å²) in [4.78, 5) is 15.0. The van der Waals surface area contributed by atoms with Crippen molar-refractivity contribution in [2.45, 2.75) is 89.9 Å². The standard InChI is InChI=1S/C9H13N3O.C5H10O.C4H4ClN3.C4H9O.K/c10-8-5-9(12-6-11-8)13-7-3-1-2-4-7;6-5-3-1-2-4-5;5-3-1-4(6)8-2-7-3;1-4(2,3)5;/h5-7H,1-4H2,(H2,10,11,12);5-6H,1-4H2;1-2H,(H2,6,7,8);1-3H3;/q;;;-1;+1. The first-order valence-corrected chi connectivity index (χ1v) is 11.3. The quantitative estimate of drug-likeness (QED) is 0.381. The van der Waals surface area contributed by atoms with E-state index in [1.54, 1.807) is 26.8 Å². The summed E-state index contributed by atoms with van der Waals surface area (Å²) in [6, 6.07) is 3.15. The van der Waals surface area contributed by atoms with Gasteiger partial charge in [0.1, 0.15) is 35.5 Å². The first-order valence-electron chi connectivity index (χ1n) is 10.9. The van der Waals surface area contributed by atoms with Gasteiger partial charge in [-0.25, -0.2) is 19.9 Å². The summed E-state index contributed by atoms with van der Waals surface area (Å²) in [6.07, 6.45) is 12.4. The van der Waals surface area contributed by atoms with E-state index >= 15 is 0 Å². The fraction of sp³-hybridized carbons (Fsp3) is 0.636. The van der Waals surface area contributed by atoms with Crippen molar-refractivity contribution < 1.29 is 66.3 Å². The van der Waals surface area contributed by atoms with E-state index in [0.29, 0.717) is 28.8 Å². The van der Waals surface area contributed by atoms with E-state index in [-0.39, 0.29) is 57.5 Å². The van der Waals surface area contributed by atoms with Crippen LogP contribution in [0, 0.1) is 0 Å². The number of nitrogen functional groups attached to an aromatic ring is 2. The zero-order valence-electron chi connectivity index (χ0n) is 20.2. The van der Waals surface area contributed by atoms with Crippen molar-refractivity contribution in [1.29, 1.82) is 0 Å². The minimum Gasteiger partial charge on any atom is -0.850 e. The molecule has 0 radical (unpaired) electrons. The van der Waals surface area contributed by atoms with Gasteiger partial charge < -0.3 is 26.4 Å². The summed E-state index contributed by atoms with van der Waals surface area (Å²) in [5, 5.41) is 19.2. The number of aromatic nitrogens is 4. The van der Waals surface area contributed by atoms with Gasteiger partial charge in [0.15, 0.2) is 0 Å². The van der Waals surface area contributed by atoms with Gasteiger partial charge in [-0.05, 0) is 38.5 Å². The van der Waals surface area contributed by atoms with Gasteiger partial charge in [0.05, 0.1) is 6.10 Å². The van der Waals surface area contributed by atoms with Crippen molar-refractivity contribution in [3.05, 3.63) is 29.9 Å². The van der Waals surface area contributed by atoms with Crippen molar-refractivity contribution in [2.24, 2.45) is 0 Å². The molecule has 0 unspecified atom stereocenters. The Hall–Kier alpha value is -0.594. The molecule has 0 aromatic carbocycles. The number of nitrogens with two attached hydrogens (primary N) is 2. The molecule has 33 heavy (non-hydrogen) atoms. The van der Waals surface area contributed by atoms with Crippen LogP contribution in [0.15, 0.2) is 24.8 Å². The molecule has 2 aromatic rings. The van der Waals surface area contributed by atoms with E-state index in [1.807, 2.05) is 0 Å². The molecular formula is C22H36ClKN6O3. The SMILES string of the molecule is CC(C)(C)[O-].Nc1cc(Cl)ncn1.Nc1cc(OC2CCCC2)ncn1.OC1CCCC1.[K+]. The summed E-state index contributed by atoms with van der Waals surface area (Å²) < 4.78 is 5.62. The summed E-state index contributed by atoms with van der Waals surface area (Å²) in [5.74, 6) is 1.45. The van der Waals surface area contributed by atoms with E-state index in [9.17, 15) is 5.11 Å². The molecule has 180 valence electrons. The monoisotopic (exact) mass is 506 g/mol. The van der Waals surface area contributed by atoms with Gasteiger partial charge in [0.25, 0.3) is 0 Å². The number of halogens is 1. The molecule has 0 saturated heterocycles. The third-order valence-corrected chi connectivity index (χ3v) is 4.44. The molecule has 9 nitrogen and oxygen atoms in total. The van der Waals surface area contributed by atoms with Crippen LogP contribution in [-0.2, 0) is 0 Å². The topological polar surface area (TPSA) is 156 Å². The maximum atomic E-state index is 10.1. The largest absolute Gasteiger partial charge is 1.00 e. The molecule has 4 rings (SSSR count). The zero-order valence-corrected chi connectivity index (χ0v) is 24.1. The van der Waals surface area contributed by atoms with E-state index < -0.39 is 5.60 Å². The fourth-order valence-electron chi connectivity index (χ4n) is 2.85. The molecule has 5 N–H and O–H groups in total. The summed E-state index contributed by atoms with van der Waals surface area (Å²) >= 11 is 5.41. The second kappa shape index (κ2) is 17.8. The Morgan fingerprint density at radius 1 is 0.909 bits per heavy atom. The number of ether oxygens (including phenoxy) is 1. The number of hydrogen-bond acceptors (Lipinski definition) is 9. The van der Waals surface area contributed by atoms with Crippen LogP contribution in [0.3, 0.4) is 0 Å². The van der Waals surface area contributed by atoms with Crippen LogP contribution in [0.1, 0.15) is 72.1 Å². The number of hydrogen-bond donors (Lipinski definition) is 3. The average Bonchev–Trinajstić information content (AvgIpc) is 3.35. The Morgan fingerprint density at radius 2 is 1.36 bits per heavy atom. The first kappa shape index (κ1) is 32.4. The first-order chi connectivity index (χ1) is 15.0. The Balaban J connectivity index is 0.000000443. The zero-order chi connectivity index (χ0) is 24.0. The van der Waals surface area contributed by atoms with Crippen molar-refractivity contribution in [1.82, 2.24) is 19.9 Å². The van der Waals surface area contributed by atoms with Crippen LogP contribution in [0.4, 0.5) is 11.6 Å². The van der Waals surface area contributed by atoms with E-state index in [1.165, 1.54) is 44.4 Å². The molecular weight excluding hydrogens is 471 g/mol. The van der Waals surface area contributed by atoms with Gasteiger partial charge in [-0.2, -0.15) is 0 Å². The van der Waals surface area contributed by atoms with Crippen LogP contribution >= 0.6 is 11.6 Å². The van der Waals surface area contributed by atoms with E-state index in [4.69, 9.17) is 32.9 Å². The Bertz CT molecular complexity index is 747. The van der Waals surface area contributed by atoms with Crippen LogP contribution < -0.4 is 72.7 Å². The second-order valence-electron chi connectivity index (χ2n) is 8.62. The molecule has 2 aromatic heterocycles. The van der Waals surface area contributed by atoms with Gasteiger partial charge in [-0.3, -0.25) is 0 Å². The smallest absolute Gasteiger partial charge is 0.850 e. The minimum absolute atomic E-state index is 0. The number of aliphatic hydroxyl groups excluding tert-OH is 1. The molecule has 0 bridgehead atoms. The van der Waals surface area contributed by atoms with Crippen LogP contribution in [0.2, 0.25) is 5.15 Å². The Kier molecular flexibility index (Phi) is 17.5. The molecule has 0 amide bonds. The van der Waals surface area contributed by atoms with Gasteiger partial charge in [0, 0.05) is 12.1 Å². The van der Waals surface area contributed by atoms with E-state index in [2.05, 4.69) is 19.9 Å². The molecule has 2 aliphatic carbocycles. The van der Waals surface area contributed by atoms with Crippen LogP contribution in [0.5, 0.6) is 5.88 Å². The molecule has 11 heteroatoms. The Morgan fingerprint density at radius 3 is 1.73 bits per heavy atom. The van der Waals surface area contributed by atoms with E-state index in [0.717, 1.165) is 25.7 Å². The summed E-state index contributed by atoms with van der Waals surface area (Å²) in [7, 11) is 0. The van der Waals surface area contributed by atoms with Crippen molar-refractivity contribution >= 4 is 23.2 Å². The van der Waals surface area contributed by atoms with Crippen molar-refractivity contribution in [3.63, 3.8) is 0 Å². The summed E-state index contributed by atoms with van der Waals surface area (Å²) in [5.41, 5.74) is 9.97. The van der Waals surface area contributed by atoms with Gasteiger partial charge in [-0.1, -0.05) is 45.2 Å². The molecule has 2 heterocycles. The molecule has 0 spiro atoms. The molecule has 2 saturated carbocycles. The van der Waals surface area contributed by atoms with Crippen LogP contribution in [0.25, 0.3) is 0 Å². The van der Waals surface area contributed by atoms with Crippen molar-refractivity contribution in [2.75, 3.05) is 11.5 Å². The predicted molar refractivity (Wildman–Crippen MR) is 125 cm³/mol. The number of nitrogens with zero attached hydrogens (tertiary/aromatic N) is 4. The molecule has 0 atom stereocenters. The van der Waals surface area contributed by atoms with Crippen LogP contribution in [-0.4, -0.2) is 42.9 Å². The fourth-order valence-corrected chi connectivity index (χ4v) is 3.00. The normalized spacial score (nSPS) is 15.6. The van der Waals surface area contributed by atoms with Gasteiger partial charge in [0.2, 0.25) is 5.88 Å². The Labute approximate surface area is 244 Å². The number of rotatable bonds is 2. The summed E-state index contributed by atoms with van der Waals surface area (Å²) in [6.45, 7) is 4.90. The number of anilines is 2. The molecule has 2 fully saturated rings. The third kappa shape index (κ3) is 19.4. The maximum Gasteiger partial charge on any atom is 1.00 e. The minimum atomic E-state index is -0.750.